The van der Waals surface area contributed by atoms with E-state index in [1.165, 1.54) is 6.20 Å². The summed E-state index contributed by atoms with van der Waals surface area (Å²) in [6.45, 7) is 3.31. The number of nitrogen functional groups attached to an aromatic ring is 1. The standard InChI is InChI=1S/C13H15N3O2S/c1-9(2)19(17,18)11-5-3-10(4-6-11)12-13(14)16-8-7-15-12/h3-9H,1-2H3,(H2,14,16). The number of nitrogens with two attached hydrogens (primary N) is 1. The Morgan fingerprint density at radius 2 is 1.63 bits per heavy atom. The minimum absolute atomic E-state index is 0.300. The molecule has 100 valence electrons. The highest BCUT2D eigenvalue weighted by Gasteiger charge is 2.19. The zero-order valence-electron chi connectivity index (χ0n) is 10.7. The average Bonchev–Trinajstić information content (AvgIpc) is 2.39. The predicted molar refractivity (Wildman–Crippen MR) is 74.2 cm³/mol. The maximum Gasteiger partial charge on any atom is 0.180 e. The number of benzene rings is 1. The van der Waals surface area contributed by atoms with Gasteiger partial charge in [-0.05, 0) is 26.0 Å². The van der Waals surface area contributed by atoms with Crippen LogP contribution in [0, 0.1) is 0 Å². The molecule has 2 aromatic rings. The molecule has 0 unspecified atom stereocenters. The second-order valence-electron chi connectivity index (χ2n) is 4.41. The Hall–Kier alpha value is -1.95. The van der Waals surface area contributed by atoms with Crippen LogP contribution in [0.2, 0.25) is 0 Å². The highest BCUT2D eigenvalue weighted by Crippen LogP contribution is 2.24. The molecule has 2 rings (SSSR count). The third kappa shape index (κ3) is 2.58. The minimum Gasteiger partial charge on any atom is -0.382 e. The molecule has 0 atom stereocenters. The summed E-state index contributed by atoms with van der Waals surface area (Å²) in [7, 11) is -3.25. The van der Waals surface area contributed by atoms with Gasteiger partial charge in [-0.2, -0.15) is 0 Å². The van der Waals surface area contributed by atoms with Crippen LogP contribution in [0.4, 0.5) is 5.82 Å². The summed E-state index contributed by atoms with van der Waals surface area (Å²) >= 11 is 0. The number of hydrogen-bond acceptors (Lipinski definition) is 5. The average molecular weight is 277 g/mol. The van der Waals surface area contributed by atoms with Crippen molar-refractivity contribution in [3.05, 3.63) is 36.7 Å². The second-order valence-corrected chi connectivity index (χ2v) is 6.91. The van der Waals surface area contributed by atoms with Gasteiger partial charge >= 0.3 is 0 Å². The van der Waals surface area contributed by atoms with Crippen molar-refractivity contribution in [2.45, 2.75) is 24.0 Å². The van der Waals surface area contributed by atoms with Gasteiger partial charge < -0.3 is 5.73 Å². The fourth-order valence-corrected chi connectivity index (χ4v) is 2.71. The molecule has 2 N–H and O–H groups in total. The predicted octanol–water partition coefficient (Wildman–Crippen LogP) is 1.91. The fourth-order valence-electron chi connectivity index (χ4n) is 1.65. The van der Waals surface area contributed by atoms with E-state index in [1.54, 1.807) is 44.3 Å². The molecular weight excluding hydrogens is 262 g/mol. The quantitative estimate of drug-likeness (QED) is 0.926. The second kappa shape index (κ2) is 4.97. The summed E-state index contributed by atoms with van der Waals surface area (Å²) < 4.78 is 24.0. The van der Waals surface area contributed by atoms with E-state index in [0.29, 0.717) is 16.4 Å². The van der Waals surface area contributed by atoms with E-state index in [4.69, 9.17) is 5.73 Å². The van der Waals surface area contributed by atoms with Crippen LogP contribution >= 0.6 is 0 Å². The Balaban J connectivity index is 2.43. The van der Waals surface area contributed by atoms with Gasteiger partial charge in [-0.25, -0.2) is 13.4 Å². The van der Waals surface area contributed by atoms with E-state index in [-0.39, 0.29) is 0 Å². The third-order valence-corrected chi connectivity index (χ3v) is 4.97. The van der Waals surface area contributed by atoms with Crippen LogP contribution < -0.4 is 5.73 Å². The van der Waals surface area contributed by atoms with Gasteiger partial charge in [-0.3, -0.25) is 4.98 Å². The summed E-state index contributed by atoms with van der Waals surface area (Å²) in [5.41, 5.74) is 7.03. The van der Waals surface area contributed by atoms with E-state index >= 15 is 0 Å². The molecule has 0 saturated carbocycles. The van der Waals surface area contributed by atoms with Crippen LogP contribution in [-0.4, -0.2) is 23.6 Å². The summed E-state index contributed by atoms with van der Waals surface area (Å²) in [6.07, 6.45) is 3.06. The molecule has 5 nitrogen and oxygen atoms in total. The van der Waals surface area contributed by atoms with Crippen molar-refractivity contribution in [2.75, 3.05) is 5.73 Å². The maximum atomic E-state index is 12.0. The molecule has 0 radical (unpaired) electrons. The Bertz CT molecular complexity index is 679. The van der Waals surface area contributed by atoms with Crippen molar-refractivity contribution in [1.29, 1.82) is 0 Å². The molecule has 19 heavy (non-hydrogen) atoms. The van der Waals surface area contributed by atoms with Gasteiger partial charge in [-0.15, -0.1) is 0 Å². The van der Waals surface area contributed by atoms with Gasteiger partial charge in [0.1, 0.15) is 11.5 Å². The molecule has 0 aliphatic heterocycles. The number of anilines is 1. The summed E-state index contributed by atoms with van der Waals surface area (Å²) in [4.78, 5) is 8.39. The first-order valence-electron chi connectivity index (χ1n) is 5.83. The summed E-state index contributed by atoms with van der Waals surface area (Å²) in [5, 5.41) is -0.445. The minimum atomic E-state index is -3.25. The Kier molecular flexibility index (Phi) is 3.53. The molecule has 0 fully saturated rings. The Morgan fingerprint density at radius 1 is 1.05 bits per heavy atom. The molecule has 1 aromatic heterocycles. The number of aromatic nitrogens is 2. The maximum absolute atomic E-state index is 12.0. The molecule has 1 aromatic carbocycles. The van der Waals surface area contributed by atoms with Crippen molar-refractivity contribution in [3.63, 3.8) is 0 Å². The van der Waals surface area contributed by atoms with Crippen molar-refractivity contribution < 1.29 is 8.42 Å². The first-order valence-corrected chi connectivity index (χ1v) is 7.38. The molecule has 6 heteroatoms. The number of hydrogen-bond donors (Lipinski definition) is 1. The van der Waals surface area contributed by atoms with E-state index in [1.807, 2.05) is 0 Å². The molecule has 0 aliphatic rings. The van der Waals surface area contributed by atoms with Gasteiger partial charge in [-0.1, -0.05) is 12.1 Å². The monoisotopic (exact) mass is 277 g/mol. The van der Waals surface area contributed by atoms with E-state index in [9.17, 15) is 8.42 Å². The van der Waals surface area contributed by atoms with Crippen molar-refractivity contribution in [2.24, 2.45) is 0 Å². The van der Waals surface area contributed by atoms with Gasteiger partial charge in [0.2, 0.25) is 0 Å². The molecule has 0 saturated heterocycles. The number of sulfone groups is 1. The van der Waals surface area contributed by atoms with Gasteiger partial charge in [0.15, 0.2) is 9.84 Å². The number of nitrogens with zero attached hydrogens (tertiary/aromatic N) is 2. The lowest BCUT2D eigenvalue weighted by Gasteiger charge is -2.09. The Morgan fingerprint density at radius 3 is 2.16 bits per heavy atom. The molecule has 0 amide bonds. The van der Waals surface area contributed by atoms with Gasteiger partial charge in [0.25, 0.3) is 0 Å². The van der Waals surface area contributed by atoms with Crippen molar-refractivity contribution in [1.82, 2.24) is 9.97 Å². The lowest BCUT2D eigenvalue weighted by molar-refractivity contribution is 0.587. The molecule has 0 aliphatic carbocycles. The molecular formula is C13H15N3O2S. The normalized spacial score (nSPS) is 11.7. The highest BCUT2D eigenvalue weighted by atomic mass is 32.2. The first kappa shape index (κ1) is 13.5. The van der Waals surface area contributed by atoms with E-state index < -0.39 is 15.1 Å². The molecule has 0 spiro atoms. The van der Waals surface area contributed by atoms with Crippen LogP contribution in [0.3, 0.4) is 0 Å². The lowest BCUT2D eigenvalue weighted by Crippen LogP contribution is -2.13. The smallest absolute Gasteiger partial charge is 0.180 e. The lowest BCUT2D eigenvalue weighted by atomic mass is 10.1. The van der Waals surface area contributed by atoms with E-state index in [2.05, 4.69) is 9.97 Å². The van der Waals surface area contributed by atoms with Crippen LogP contribution in [0.5, 0.6) is 0 Å². The van der Waals surface area contributed by atoms with Crippen LogP contribution in [0.15, 0.2) is 41.6 Å². The summed E-state index contributed by atoms with van der Waals surface area (Å²) in [5.74, 6) is 0.321. The van der Waals surface area contributed by atoms with Crippen LogP contribution in [0.25, 0.3) is 11.3 Å². The SMILES string of the molecule is CC(C)S(=O)(=O)c1ccc(-c2nccnc2N)cc1. The van der Waals surface area contributed by atoms with Crippen molar-refractivity contribution >= 4 is 15.7 Å². The topological polar surface area (TPSA) is 85.9 Å². The largest absolute Gasteiger partial charge is 0.382 e. The molecule has 1 heterocycles. The van der Waals surface area contributed by atoms with E-state index in [0.717, 1.165) is 5.56 Å². The molecule has 0 bridgehead atoms. The van der Waals surface area contributed by atoms with Crippen LogP contribution in [-0.2, 0) is 9.84 Å². The zero-order chi connectivity index (χ0) is 14.0. The number of rotatable bonds is 3. The first-order chi connectivity index (χ1) is 8.93. The Labute approximate surface area is 112 Å². The highest BCUT2D eigenvalue weighted by molar-refractivity contribution is 7.92. The fraction of sp³-hybridized carbons (Fsp3) is 0.231. The zero-order valence-corrected chi connectivity index (χ0v) is 11.6. The third-order valence-electron chi connectivity index (χ3n) is 2.80. The van der Waals surface area contributed by atoms with Gasteiger partial charge in [0, 0.05) is 18.0 Å². The van der Waals surface area contributed by atoms with Gasteiger partial charge in [0.05, 0.1) is 10.1 Å². The van der Waals surface area contributed by atoms with Crippen LogP contribution in [0.1, 0.15) is 13.8 Å². The van der Waals surface area contributed by atoms with Crippen molar-refractivity contribution in [3.8, 4) is 11.3 Å². The summed E-state index contributed by atoms with van der Waals surface area (Å²) in [6, 6.07) is 6.52.